The summed E-state index contributed by atoms with van der Waals surface area (Å²) < 4.78 is 33.7. The molecule has 0 bridgehead atoms. The number of rotatable bonds is 10. The van der Waals surface area contributed by atoms with Crippen molar-refractivity contribution in [3.8, 4) is 5.75 Å². The van der Waals surface area contributed by atoms with E-state index in [9.17, 15) is 13.2 Å². The smallest absolute Gasteiger partial charge is 0.240 e. The van der Waals surface area contributed by atoms with Crippen molar-refractivity contribution in [1.29, 1.82) is 0 Å². The van der Waals surface area contributed by atoms with Gasteiger partial charge in [-0.1, -0.05) is 29.8 Å². The molecule has 180 valence electrons. The number of carbonyl (C=O) groups is 1. The Labute approximate surface area is 198 Å². The number of piperidine rings is 1. The Kier molecular flexibility index (Phi) is 8.92. The van der Waals surface area contributed by atoms with Crippen LogP contribution in [0.25, 0.3) is 0 Å². The number of hydrogen-bond acceptors (Lipinski definition) is 4. The molecule has 0 unspecified atom stereocenters. The Morgan fingerprint density at radius 3 is 2.55 bits per heavy atom. The van der Waals surface area contributed by atoms with Crippen LogP contribution in [-0.4, -0.2) is 45.5 Å². The molecule has 0 saturated carbocycles. The molecule has 33 heavy (non-hydrogen) atoms. The maximum Gasteiger partial charge on any atom is 0.240 e. The first-order chi connectivity index (χ1) is 15.7. The first kappa shape index (κ1) is 25.2. The van der Waals surface area contributed by atoms with Crippen LogP contribution in [0.1, 0.15) is 48.8 Å². The van der Waals surface area contributed by atoms with Crippen molar-refractivity contribution in [2.45, 2.75) is 57.8 Å². The Balaban J connectivity index is 1.39. The lowest BCUT2D eigenvalue weighted by atomic mass is 9.98. The van der Waals surface area contributed by atoms with Gasteiger partial charge in [0, 0.05) is 26.1 Å². The normalized spacial score (nSPS) is 16.6. The summed E-state index contributed by atoms with van der Waals surface area (Å²) in [6.45, 7) is 8.31. The van der Waals surface area contributed by atoms with E-state index in [0.29, 0.717) is 26.1 Å². The van der Waals surface area contributed by atoms with Crippen molar-refractivity contribution < 1.29 is 17.9 Å². The number of hydrogen-bond donors (Lipinski definition) is 1. The summed E-state index contributed by atoms with van der Waals surface area (Å²) in [6, 6.07) is 13.0. The summed E-state index contributed by atoms with van der Waals surface area (Å²) in [5, 5.41) is 0. The van der Waals surface area contributed by atoms with Crippen molar-refractivity contribution in [3.05, 3.63) is 59.2 Å². The zero-order valence-electron chi connectivity index (χ0n) is 20.0. The Morgan fingerprint density at radius 1 is 1.06 bits per heavy atom. The minimum absolute atomic E-state index is 0.135. The summed E-state index contributed by atoms with van der Waals surface area (Å²) >= 11 is 0. The third-order valence-corrected chi connectivity index (χ3v) is 7.59. The molecule has 1 amide bonds. The topological polar surface area (TPSA) is 75.7 Å². The molecule has 7 heteroatoms. The van der Waals surface area contributed by atoms with E-state index < -0.39 is 10.0 Å². The van der Waals surface area contributed by atoms with Gasteiger partial charge in [0.05, 0.1) is 11.5 Å². The molecular weight excluding hydrogens is 436 g/mol. The fraction of sp³-hybridized carbons (Fsp3) is 0.500. The zero-order valence-corrected chi connectivity index (χ0v) is 20.8. The molecule has 0 spiro atoms. The highest BCUT2D eigenvalue weighted by atomic mass is 32.2. The van der Waals surface area contributed by atoms with Gasteiger partial charge in [0.2, 0.25) is 15.9 Å². The number of unbranched alkanes of at least 4 members (excludes halogenated alkanes) is 1. The third-order valence-electron chi connectivity index (χ3n) is 6.15. The number of carbonyl (C=O) groups excluding carboxylic acids is 1. The highest BCUT2D eigenvalue weighted by Gasteiger charge is 2.25. The van der Waals surface area contributed by atoms with Crippen LogP contribution < -0.4 is 9.46 Å². The third kappa shape index (κ3) is 7.57. The molecule has 6 nitrogen and oxygen atoms in total. The number of amides is 1. The molecular formula is C26H36N2O4S. The van der Waals surface area contributed by atoms with E-state index in [1.54, 1.807) is 24.3 Å². The number of aryl methyl sites for hydroxylation is 3. The van der Waals surface area contributed by atoms with Crippen LogP contribution in [0.4, 0.5) is 0 Å². The maximum atomic E-state index is 12.7. The molecule has 0 aliphatic carbocycles. The zero-order chi connectivity index (χ0) is 23.8. The first-order valence-electron chi connectivity index (χ1n) is 11.8. The van der Waals surface area contributed by atoms with E-state index in [1.165, 1.54) is 5.56 Å². The molecule has 1 saturated heterocycles. The molecule has 1 aliphatic heterocycles. The molecule has 1 atom stereocenters. The van der Waals surface area contributed by atoms with Crippen LogP contribution in [0.15, 0.2) is 47.4 Å². The maximum absolute atomic E-state index is 12.7. The predicted molar refractivity (Wildman–Crippen MR) is 131 cm³/mol. The summed E-state index contributed by atoms with van der Waals surface area (Å²) in [5.41, 5.74) is 3.31. The molecule has 3 rings (SSSR count). The van der Waals surface area contributed by atoms with Crippen molar-refractivity contribution >= 4 is 15.9 Å². The molecule has 0 aromatic heterocycles. The molecule has 1 N–H and O–H groups in total. The second-order valence-electron chi connectivity index (χ2n) is 9.09. The minimum atomic E-state index is -3.53. The number of likely N-dealkylation sites (tertiary alicyclic amines) is 1. The van der Waals surface area contributed by atoms with Gasteiger partial charge in [-0.15, -0.1) is 0 Å². The van der Waals surface area contributed by atoms with Crippen LogP contribution in [-0.2, 0) is 14.8 Å². The number of nitrogens with zero attached hydrogens (tertiary/aromatic N) is 1. The minimum Gasteiger partial charge on any atom is -0.493 e. The fourth-order valence-corrected chi connectivity index (χ4v) is 5.18. The number of ether oxygens (including phenoxy) is 1. The highest BCUT2D eigenvalue weighted by molar-refractivity contribution is 7.89. The molecule has 1 aliphatic rings. The van der Waals surface area contributed by atoms with Crippen molar-refractivity contribution in [1.82, 2.24) is 9.62 Å². The van der Waals surface area contributed by atoms with Crippen molar-refractivity contribution in [2.24, 2.45) is 5.92 Å². The molecule has 1 heterocycles. The lowest BCUT2D eigenvalue weighted by molar-refractivity contribution is -0.133. The standard InChI is InChI=1S/C26H36N2O4S/c1-20-10-13-24(14-11-20)33(30,31)27-18-23-7-6-15-28(19-23)26(29)8-4-5-16-32-25-17-21(2)9-12-22(25)3/h9-14,17,23,27H,4-8,15-16,18-19H2,1-3H3/t23-/m0/s1. The largest absolute Gasteiger partial charge is 0.493 e. The molecule has 2 aromatic carbocycles. The summed E-state index contributed by atoms with van der Waals surface area (Å²) in [5.74, 6) is 1.19. The van der Waals surface area contributed by atoms with Gasteiger partial charge in [-0.3, -0.25) is 4.79 Å². The lowest BCUT2D eigenvalue weighted by Crippen LogP contribution is -2.43. The van der Waals surface area contributed by atoms with Crippen LogP contribution >= 0.6 is 0 Å². The van der Waals surface area contributed by atoms with Gasteiger partial charge in [0.15, 0.2) is 0 Å². The van der Waals surface area contributed by atoms with E-state index >= 15 is 0 Å². The van der Waals surface area contributed by atoms with Crippen LogP contribution in [0.5, 0.6) is 5.75 Å². The van der Waals surface area contributed by atoms with Gasteiger partial charge in [0.1, 0.15) is 5.75 Å². The van der Waals surface area contributed by atoms with E-state index in [0.717, 1.165) is 49.1 Å². The van der Waals surface area contributed by atoms with E-state index in [-0.39, 0.29) is 16.7 Å². The van der Waals surface area contributed by atoms with E-state index in [1.807, 2.05) is 31.7 Å². The van der Waals surface area contributed by atoms with Crippen LogP contribution in [0.2, 0.25) is 0 Å². The second-order valence-corrected chi connectivity index (χ2v) is 10.9. The SMILES string of the molecule is Cc1ccc(S(=O)(=O)NC[C@@H]2CCCN(C(=O)CCCCOc3cc(C)ccc3C)C2)cc1. The second kappa shape index (κ2) is 11.7. The lowest BCUT2D eigenvalue weighted by Gasteiger charge is -2.33. The van der Waals surface area contributed by atoms with Crippen LogP contribution in [0, 0.1) is 26.7 Å². The van der Waals surface area contributed by atoms with Gasteiger partial charge >= 0.3 is 0 Å². The van der Waals surface area contributed by atoms with Gasteiger partial charge in [0.25, 0.3) is 0 Å². The summed E-state index contributed by atoms with van der Waals surface area (Å²) in [4.78, 5) is 14.8. The van der Waals surface area contributed by atoms with E-state index in [2.05, 4.69) is 16.9 Å². The van der Waals surface area contributed by atoms with Gasteiger partial charge in [-0.25, -0.2) is 13.1 Å². The summed E-state index contributed by atoms with van der Waals surface area (Å²) in [7, 11) is -3.53. The quantitative estimate of drug-likeness (QED) is 0.521. The average molecular weight is 473 g/mol. The first-order valence-corrected chi connectivity index (χ1v) is 13.3. The van der Waals surface area contributed by atoms with Gasteiger partial charge in [-0.05, 0) is 81.7 Å². The van der Waals surface area contributed by atoms with Gasteiger partial charge < -0.3 is 9.64 Å². The predicted octanol–water partition coefficient (Wildman–Crippen LogP) is 4.38. The fourth-order valence-electron chi connectivity index (χ4n) is 4.07. The van der Waals surface area contributed by atoms with E-state index in [4.69, 9.17) is 4.74 Å². The number of benzene rings is 2. The average Bonchev–Trinajstić information content (AvgIpc) is 2.80. The monoisotopic (exact) mass is 472 g/mol. The molecule has 0 radical (unpaired) electrons. The highest BCUT2D eigenvalue weighted by Crippen LogP contribution is 2.21. The van der Waals surface area contributed by atoms with Gasteiger partial charge in [-0.2, -0.15) is 0 Å². The van der Waals surface area contributed by atoms with Crippen molar-refractivity contribution in [3.63, 3.8) is 0 Å². The Hall–Kier alpha value is -2.38. The Morgan fingerprint density at radius 2 is 1.79 bits per heavy atom. The molecule has 2 aromatic rings. The Bertz CT molecular complexity index is 1030. The van der Waals surface area contributed by atoms with Crippen molar-refractivity contribution in [2.75, 3.05) is 26.2 Å². The number of nitrogens with one attached hydrogen (secondary N) is 1. The number of sulfonamides is 1. The molecule has 1 fully saturated rings. The van der Waals surface area contributed by atoms with Crippen LogP contribution in [0.3, 0.4) is 0 Å². The summed E-state index contributed by atoms with van der Waals surface area (Å²) in [6.07, 6.45) is 3.93.